The summed E-state index contributed by atoms with van der Waals surface area (Å²) in [5.74, 6) is -0.250. The van der Waals surface area contributed by atoms with Gasteiger partial charge in [0.2, 0.25) is 16.5 Å². The minimum absolute atomic E-state index is 0.250. The van der Waals surface area contributed by atoms with Gasteiger partial charge in [-0.3, -0.25) is 9.11 Å². The third kappa shape index (κ3) is 4.46. The second-order valence-electron chi connectivity index (χ2n) is 3.93. The van der Waals surface area contributed by atoms with Crippen LogP contribution in [0.4, 0.5) is 11.6 Å². The topological polar surface area (TPSA) is 159 Å². The maximum Gasteiger partial charge on any atom is 0.296 e. The van der Waals surface area contributed by atoms with E-state index >= 15 is 0 Å². The Kier molecular flexibility index (Phi) is 4.75. The lowest BCUT2D eigenvalue weighted by molar-refractivity contribution is 0.481. The van der Waals surface area contributed by atoms with Crippen molar-refractivity contribution in [2.45, 2.75) is 9.79 Å². The number of nitrogens with zero attached hydrogens (tertiary/aromatic N) is 3. The first kappa shape index (κ1) is 17.8. The first-order valence-electron chi connectivity index (χ1n) is 5.40. The number of halogens is 2. The molecule has 1 heterocycles. The minimum atomic E-state index is -4.83. The molecule has 124 valence electrons. The van der Waals surface area contributed by atoms with Crippen LogP contribution in [0.2, 0.25) is 10.6 Å². The molecule has 0 amide bonds. The van der Waals surface area contributed by atoms with E-state index in [4.69, 9.17) is 27.8 Å². The molecule has 2 rings (SSSR count). The fourth-order valence-electron chi connectivity index (χ4n) is 1.48. The van der Waals surface area contributed by atoms with Gasteiger partial charge in [0.1, 0.15) is 4.90 Å². The Morgan fingerprint density at radius 1 is 0.913 bits per heavy atom. The van der Waals surface area contributed by atoms with Gasteiger partial charge in [0.05, 0.1) is 10.6 Å². The van der Waals surface area contributed by atoms with Crippen LogP contribution in [0.5, 0.6) is 0 Å². The van der Waals surface area contributed by atoms with Gasteiger partial charge in [0.15, 0.2) is 0 Å². The predicted molar refractivity (Wildman–Crippen MR) is 79.2 cm³/mol. The number of benzene rings is 1. The summed E-state index contributed by atoms with van der Waals surface area (Å²) < 4.78 is 63.0. The average molecular weight is 401 g/mol. The van der Waals surface area contributed by atoms with Crippen molar-refractivity contribution in [3.8, 4) is 0 Å². The van der Waals surface area contributed by atoms with Gasteiger partial charge in [-0.05, 0) is 41.4 Å². The Bertz CT molecular complexity index is 959. The quantitative estimate of drug-likeness (QED) is 0.639. The lowest BCUT2D eigenvalue weighted by Gasteiger charge is -2.10. The molecule has 0 aliphatic heterocycles. The van der Waals surface area contributed by atoms with Crippen LogP contribution < -0.4 is 5.32 Å². The first-order valence-corrected chi connectivity index (χ1v) is 9.03. The monoisotopic (exact) mass is 400 g/mol. The fraction of sp³-hybridized carbons (Fsp3) is 0. The summed E-state index contributed by atoms with van der Waals surface area (Å²) in [5, 5.41) is 1.83. The molecule has 3 N–H and O–H groups in total. The Morgan fingerprint density at radius 2 is 1.48 bits per heavy atom. The third-order valence-electron chi connectivity index (χ3n) is 2.36. The van der Waals surface area contributed by atoms with Crippen LogP contribution in [0.25, 0.3) is 0 Å². The van der Waals surface area contributed by atoms with Crippen molar-refractivity contribution in [2.24, 2.45) is 0 Å². The summed E-state index contributed by atoms with van der Waals surface area (Å²) in [5.41, 5.74) is -0.279. The van der Waals surface area contributed by atoms with Crippen LogP contribution >= 0.6 is 23.2 Å². The van der Waals surface area contributed by atoms with E-state index in [2.05, 4.69) is 20.3 Å². The van der Waals surface area contributed by atoms with Gasteiger partial charge in [-0.15, -0.1) is 0 Å². The van der Waals surface area contributed by atoms with E-state index in [1.807, 2.05) is 0 Å². The standard InChI is InChI=1S/C9H6Cl2N4O6S2/c10-7-13-8(11)15-9(14-7)12-5-2-1-4(22(16,17)18)3-6(5)23(19,20)21/h1-3H,(H,16,17,18)(H,19,20,21)(H,12,13,14,15). The number of aromatic nitrogens is 3. The number of nitrogens with one attached hydrogen (secondary N) is 1. The molecule has 0 radical (unpaired) electrons. The fourth-order valence-corrected chi connectivity index (χ4v) is 3.10. The molecule has 2 aromatic rings. The summed E-state index contributed by atoms with van der Waals surface area (Å²) in [6.07, 6.45) is 0. The van der Waals surface area contributed by atoms with Gasteiger partial charge in [0, 0.05) is 0 Å². The van der Waals surface area contributed by atoms with Gasteiger partial charge in [-0.1, -0.05) is 0 Å². The molecular formula is C9H6Cl2N4O6S2. The van der Waals surface area contributed by atoms with Crippen molar-refractivity contribution in [2.75, 3.05) is 5.32 Å². The van der Waals surface area contributed by atoms with Crippen molar-refractivity contribution < 1.29 is 25.9 Å². The predicted octanol–water partition coefficient (Wildman–Crippen LogP) is 1.42. The van der Waals surface area contributed by atoms with E-state index in [-0.39, 0.29) is 22.2 Å². The molecule has 1 aromatic carbocycles. The summed E-state index contributed by atoms with van der Waals surface area (Å²) in [4.78, 5) is 9.17. The number of rotatable bonds is 4. The van der Waals surface area contributed by atoms with Gasteiger partial charge in [-0.25, -0.2) is 0 Å². The van der Waals surface area contributed by atoms with Crippen LogP contribution in [0, 0.1) is 0 Å². The number of hydrogen-bond donors (Lipinski definition) is 3. The maximum absolute atomic E-state index is 11.4. The lowest BCUT2D eigenvalue weighted by Crippen LogP contribution is -2.08. The third-order valence-corrected chi connectivity index (χ3v) is 4.44. The lowest BCUT2D eigenvalue weighted by atomic mass is 10.3. The van der Waals surface area contributed by atoms with E-state index in [0.717, 1.165) is 12.1 Å². The Morgan fingerprint density at radius 3 is 1.96 bits per heavy atom. The normalized spacial score (nSPS) is 12.2. The molecule has 0 bridgehead atoms. The molecule has 0 aliphatic carbocycles. The highest BCUT2D eigenvalue weighted by atomic mass is 35.5. The van der Waals surface area contributed by atoms with Crippen LogP contribution in [-0.2, 0) is 20.2 Å². The smallest absolute Gasteiger partial charge is 0.296 e. The van der Waals surface area contributed by atoms with E-state index in [1.54, 1.807) is 0 Å². The second-order valence-corrected chi connectivity index (χ2v) is 7.42. The SMILES string of the molecule is O=S(=O)(O)c1ccc(Nc2nc(Cl)nc(Cl)n2)c(S(=O)(=O)O)c1. The van der Waals surface area contributed by atoms with Crippen LogP contribution in [0.3, 0.4) is 0 Å². The molecule has 0 fully saturated rings. The van der Waals surface area contributed by atoms with Gasteiger partial charge >= 0.3 is 0 Å². The van der Waals surface area contributed by atoms with Gasteiger partial charge < -0.3 is 5.32 Å². The van der Waals surface area contributed by atoms with Crippen LogP contribution in [0.15, 0.2) is 28.0 Å². The van der Waals surface area contributed by atoms with E-state index in [0.29, 0.717) is 6.07 Å². The second kappa shape index (κ2) is 6.14. The van der Waals surface area contributed by atoms with Gasteiger partial charge in [-0.2, -0.15) is 31.8 Å². The highest BCUT2D eigenvalue weighted by molar-refractivity contribution is 7.86. The van der Waals surface area contributed by atoms with Gasteiger partial charge in [0.25, 0.3) is 20.2 Å². The summed E-state index contributed by atoms with van der Waals surface area (Å²) in [6, 6.07) is 2.42. The van der Waals surface area contributed by atoms with Crippen molar-refractivity contribution in [1.29, 1.82) is 0 Å². The van der Waals surface area contributed by atoms with E-state index in [1.165, 1.54) is 0 Å². The largest absolute Gasteiger partial charge is 0.323 e. The van der Waals surface area contributed by atoms with Crippen LogP contribution in [0.1, 0.15) is 0 Å². The zero-order chi connectivity index (χ0) is 17.4. The zero-order valence-corrected chi connectivity index (χ0v) is 13.8. The Hall–Kier alpha value is -1.57. The Balaban J connectivity index is 2.58. The summed E-state index contributed by atoms with van der Waals surface area (Å²) >= 11 is 11.1. The Labute approximate surface area is 140 Å². The molecule has 0 unspecified atom stereocenters. The maximum atomic E-state index is 11.4. The highest BCUT2D eigenvalue weighted by Gasteiger charge is 2.21. The average Bonchev–Trinajstić information content (AvgIpc) is 2.35. The van der Waals surface area contributed by atoms with Crippen molar-refractivity contribution in [3.05, 3.63) is 28.8 Å². The number of hydrogen-bond acceptors (Lipinski definition) is 8. The molecular weight excluding hydrogens is 395 g/mol. The van der Waals surface area contributed by atoms with Crippen LogP contribution in [-0.4, -0.2) is 40.9 Å². The van der Waals surface area contributed by atoms with Crippen molar-refractivity contribution >= 4 is 55.1 Å². The number of anilines is 2. The highest BCUT2D eigenvalue weighted by Crippen LogP contribution is 2.27. The molecule has 23 heavy (non-hydrogen) atoms. The summed E-state index contributed by atoms with van der Waals surface area (Å²) in [7, 11) is -9.51. The minimum Gasteiger partial charge on any atom is -0.323 e. The first-order chi connectivity index (χ1) is 10.5. The van der Waals surface area contributed by atoms with E-state index in [9.17, 15) is 21.4 Å². The molecule has 0 atom stereocenters. The summed E-state index contributed by atoms with van der Waals surface area (Å²) in [6.45, 7) is 0. The van der Waals surface area contributed by atoms with Crippen molar-refractivity contribution in [3.63, 3.8) is 0 Å². The van der Waals surface area contributed by atoms with Crippen molar-refractivity contribution in [1.82, 2.24) is 15.0 Å². The molecule has 0 saturated heterocycles. The zero-order valence-electron chi connectivity index (χ0n) is 10.7. The molecule has 10 nitrogen and oxygen atoms in total. The molecule has 14 heteroatoms. The molecule has 0 saturated carbocycles. The molecule has 0 aliphatic rings. The molecule has 1 aromatic heterocycles. The molecule has 0 spiro atoms. The van der Waals surface area contributed by atoms with E-state index < -0.39 is 30.0 Å².